The Morgan fingerprint density at radius 2 is 1.36 bits per heavy atom. The van der Waals surface area contributed by atoms with Crippen molar-refractivity contribution in [1.29, 1.82) is 0 Å². The summed E-state index contributed by atoms with van der Waals surface area (Å²) < 4.78 is 73.5. The van der Waals surface area contributed by atoms with Gasteiger partial charge in [0.05, 0.1) is 0 Å². The van der Waals surface area contributed by atoms with Gasteiger partial charge >= 0.3 is 12.0 Å². The molecule has 0 aliphatic carbocycles. The molecular formula is C7H11F6N. The predicted molar refractivity (Wildman–Crippen MR) is 38.8 cm³/mol. The van der Waals surface area contributed by atoms with Crippen LogP contribution < -0.4 is 0 Å². The first-order chi connectivity index (χ1) is 6.21. The fraction of sp³-hybridized carbons (Fsp3) is 1.00. The van der Waals surface area contributed by atoms with E-state index in [-0.39, 0.29) is 4.90 Å². The van der Waals surface area contributed by atoms with Crippen molar-refractivity contribution in [1.82, 2.24) is 4.90 Å². The van der Waals surface area contributed by atoms with Gasteiger partial charge in [-0.2, -0.15) is 13.2 Å². The molecule has 0 aliphatic heterocycles. The van der Waals surface area contributed by atoms with Gasteiger partial charge in [0.25, 0.3) is 6.43 Å². The van der Waals surface area contributed by atoms with Gasteiger partial charge in [-0.15, -0.1) is 0 Å². The Labute approximate surface area is 77.7 Å². The van der Waals surface area contributed by atoms with Gasteiger partial charge in [-0.25, -0.2) is 13.2 Å². The third-order valence-electron chi connectivity index (χ3n) is 1.91. The Hall–Kier alpha value is -0.460. The summed E-state index contributed by atoms with van der Waals surface area (Å²) in [4.78, 5) is 0.0532. The number of nitrogens with zero attached hydrogens (tertiary/aromatic N) is 1. The van der Waals surface area contributed by atoms with Crippen LogP contribution in [0.4, 0.5) is 26.3 Å². The van der Waals surface area contributed by atoms with Gasteiger partial charge in [0, 0.05) is 0 Å². The second kappa shape index (κ2) is 4.37. The first kappa shape index (κ1) is 13.5. The van der Waals surface area contributed by atoms with Gasteiger partial charge in [-0.3, -0.25) is 4.90 Å². The maximum atomic E-state index is 13.1. The van der Waals surface area contributed by atoms with E-state index in [1.54, 1.807) is 0 Å². The first-order valence-electron chi connectivity index (χ1n) is 4.00. The number of halogens is 6. The number of hydrogen-bond acceptors (Lipinski definition) is 1. The van der Waals surface area contributed by atoms with E-state index in [0.29, 0.717) is 0 Å². The summed E-state index contributed by atoms with van der Waals surface area (Å²) in [5.41, 5.74) is 0. The molecule has 0 aliphatic rings. The summed E-state index contributed by atoms with van der Waals surface area (Å²) in [7, 11) is 0. The highest BCUT2D eigenvalue weighted by Crippen LogP contribution is 2.41. The van der Waals surface area contributed by atoms with Crippen molar-refractivity contribution in [2.24, 2.45) is 0 Å². The molecule has 1 nitrogen and oxygen atoms in total. The van der Waals surface area contributed by atoms with Crippen molar-refractivity contribution >= 4 is 0 Å². The molecule has 0 aromatic carbocycles. The fourth-order valence-corrected chi connectivity index (χ4v) is 1.12. The number of alkyl halides is 6. The highest BCUT2D eigenvalue weighted by molar-refractivity contribution is 4.89. The average Bonchev–Trinajstić information content (AvgIpc) is 2.03. The van der Waals surface area contributed by atoms with E-state index in [1.807, 2.05) is 0 Å². The molecule has 0 fully saturated rings. The molecule has 7 heteroatoms. The van der Waals surface area contributed by atoms with E-state index >= 15 is 0 Å². The van der Waals surface area contributed by atoms with Crippen molar-refractivity contribution in [3.05, 3.63) is 0 Å². The van der Waals surface area contributed by atoms with Crippen LogP contribution in [0.15, 0.2) is 0 Å². The van der Waals surface area contributed by atoms with Crippen molar-refractivity contribution in [3.8, 4) is 0 Å². The summed E-state index contributed by atoms with van der Waals surface area (Å²) in [6, 6.07) is 0. The zero-order valence-electron chi connectivity index (χ0n) is 7.71. The minimum atomic E-state index is -5.59. The molecule has 0 N–H and O–H groups in total. The Morgan fingerprint density at radius 3 is 1.43 bits per heavy atom. The fourth-order valence-electron chi connectivity index (χ4n) is 1.12. The highest BCUT2D eigenvalue weighted by Gasteiger charge is 2.65. The molecule has 0 aromatic rings. The lowest BCUT2D eigenvalue weighted by atomic mass is 10.2. The SMILES string of the molecule is CCN(CC)C(F)(C(F)F)C(F)(F)F. The molecule has 0 rings (SSSR count). The van der Waals surface area contributed by atoms with Gasteiger partial charge in [0.1, 0.15) is 0 Å². The minimum Gasteiger partial charge on any atom is -0.259 e. The maximum Gasteiger partial charge on any atom is 0.442 e. The van der Waals surface area contributed by atoms with Gasteiger partial charge in [0.2, 0.25) is 0 Å². The monoisotopic (exact) mass is 223 g/mol. The van der Waals surface area contributed by atoms with Crippen LogP contribution in [0.3, 0.4) is 0 Å². The number of rotatable bonds is 4. The molecule has 14 heavy (non-hydrogen) atoms. The van der Waals surface area contributed by atoms with E-state index in [9.17, 15) is 26.3 Å². The first-order valence-corrected chi connectivity index (χ1v) is 4.00. The lowest BCUT2D eigenvalue weighted by Gasteiger charge is -2.36. The number of hydrogen-bond donors (Lipinski definition) is 0. The Balaban J connectivity index is 5.08. The summed E-state index contributed by atoms with van der Waals surface area (Å²) in [5.74, 6) is -4.55. The Bertz CT molecular complexity index is 176. The maximum absolute atomic E-state index is 13.1. The third kappa shape index (κ3) is 2.13. The van der Waals surface area contributed by atoms with Crippen molar-refractivity contribution in [3.63, 3.8) is 0 Å². The van der Waals surface area contributed by atoms with Crippen LogP contribution in [0.2, 0.25) is 0 Å². The quantitative estimate of drug-likeness (QED) is 0.523. The standard InChI is InChI=1S/C7H11F6N/c1-3-14(4-2)6(10,5(8)9)7(11,12)13/h5H,3-4H2,1-2H3. The average molecular weight is 223 g/mol. The molecule has 1 unspecified atom stereocenters. The molecule has 0 aromatic heterocycles. The normalized spacial score (nSPS) is 17.6. The van der Waals surface area contributed by atoms with Crippen LogP contribution in [0.25, 0.3) is 0 Å². The molecule has 0 saturated carbocycles. The zero-order valence-corrected chi connectivity index (χ0v) is 7.71. The topological polar surface area (TPSA) is 3.24 Å². The van der Waals surface area contributed by atoms with Crippen LogP contribution in [0.1, 0.15) is 13.8 Å². The molecule has 0 radical (unpaired) electrons. The van der Waals surface area contributed by atoms with Gasteiger partial charge in [-0.1, -0.05) is 13.8 Å². The lowest BCUT2D eigenvalue weighted by Crippen LogP contribution is -2.60. The summed E-state index contributed by atoms with van der Waals surface area (Å²) >= 11 is 0. The van der Waals surface area contributed by atoms with Crippen LogP contribution in [-0.4, -0.2) is 36.4 Å². The highest BCUT2D eigenvalue weighted by atomic mass is 19.4. The molecule has 0 heterocycles. The van der Waals surface area contributed by atoms with E-state index in [2.05, 4.69) is 0 Å². The molecule has 0 bridgehead atoms. The molecule has 1 atom stereocenters. The zero-order chi connectivity index (χ0) is 11.6. The lowest BCUT2D eigenvalue weighted by molar-refractivity contribution is -0.320. The summed E-state index contributed by atoms with van der Waals surface area (Å²) in [6.07, 6.45) is -9.70. The second-order valence-electron chi connectivity index (χ2n) is 2.64. The second-order valence-corrected chi connectivity index (χ2v) is 2.64. The third-order valence-corrected chi connectivity index (χ3v) is 1.91. The van der Waals surface area contributed by atoms with E-state index in [1.165, 1.54) is 13.8 Å². The summed E-state index contributed by atoms with van der Waals surface area (Å²) in [5, 5.41) is 0. The van der Waals surface area contributed by atoms with Gasteiger partial charge < -0.3 is 0 Å². The van der Waals surface area contributed by atoms with Crippen LogP contribution in [-0.2, 0) is 0 Å². The molecule has 86 valence electrons. The molecule has 0 spiro atoms. The Kier molecular flexibility index (Phi) is 4.23. The van der Waals surface area contributed by atoms with E-state index in [4.69, 9.17) is 0 Å². The summed E-state index contributed by atoms with van der Waals surface area (Å²) in [6.45, 7) is 1.51. The van der Waals surface area contributed by atoms with Crippen molar-refractivity contribution in [2.75, 3.05) is 13.1 Å². The largest absolute Gasteiger partial charge is 0.442 e. The van der Waals surface area contributed by atoms with Crippen LogP contribution in [0.5, 0.6) is 0 Å². The minimum absolute atomic E-state index is 0.0532. The van der Waals surface area contributed by atoms with Crippen LogP contribution >= 0.6 is 0 Å². The van der Waals surface area contributed by atoms with Crippen LogP contribution in [0, 0.1) is 0 Å². The van der Waals surface area contributed by atoms with Crippen molar-refractivity contribution in [2.45, 2.75) is 32.2 Å². The molecular weight excluding hydrogens is 212 g/mol. The van der Waals surface area contributed by atoms with E-state index < -0.39 is 31.5 Å². The van der Waals surface area contributed by atoms with Gasteiger partial charge in [-0.05, 0) is 13.1 Å². The van der Waals surface area contributed by atoms with Crippen molar-refractivity contribution < 1.29 is 26.3 Å². The predicted octanol–water partition coefficient (Wildman–Crippen LogP) is 2.82. The smallest absolute Gasteiger partial charge is 0.259 e. The molecule has 0 saturated heterocycles. The van der Waals surface area contributed by atoms with Gasteiger partial charge in [0.15, 0.2) is 0 Å². The van der Waals surface area contributed by atoms with E-state index in [0.717, 1.165) is 0 Å². The molecule has 0 amide bonds. The Morgan fingerprint density at radius 1 is 1.00 bits per heavy atom.